The summed E-state index contributed by atoms with van der Waals surface area (Å²) in [5, 5.41) is 10.1. The smallest absolute Gasteiger partial charge is 0.462 e. The Labute approximate surface area is 354 Å². The Bertz CT molecular complexity index is 1110. The van der Waals surface area contributed by atoms with Crippen molar-refractivity contribution in [2.24, 2.45) is 5.73 Å². The van der Waals surface area contributed by atoms with E-state index in [-0.39, 0.29) is 32.6 Å². The lowest BCUT2D eigenvalue weighted by Crippen LogP contribution is -2.29. The number of esters is 2. The Morgan fingerprint density at radius 2 is 1.12 bits per heavy atom. The monoisotopic (exact) mass is 840 g/mol. The average Bonchev–Trinajstić information content (AvgIpc) is 3.21. The first-order valence-electron chi connectivity index (χ1n) is 23.2. The number of nitrogens with two attached hydrogens (primary N) is 1. The normalized spacial score (nSPS) is 14.2. The molecule has 11 heteroatoms. The molecule has 0 saturated carbocycles. The van der Waals surface area contributed by atoms with Gasteiger partial charge in [-0.15, -0.1) is 0 Å². The highest BCUT2D eigenvalue weighted by atomic mass is 31.2. The predicted octanol–water partition coefficient (Wildman–Crippen LogP) is 12.5. The van der Waals surface area contributed by atoms with Crippen molar-refractivity contribution < 1.29 is 42.7 Å². The molecule has 0 heterocycles. The van der Waals surface area contributed by atoms with E-state index in [0.29, 0.717) is 25.7 Å². The van der Waals surface area contributed by atoms with Gasteiger partial charge < -0.3 is 25.2 Å². The summed E-state index contributed by atoms with van der Waals surface area (Å²) >= 11 is 0. The summed E-state index contributed by atoms with van der Waals surface area (Å²) in [5.41, 5.74) is 5.35. The Kier molecular flexibility index (Phi) is 41.5. The Hall–Kier alpha value is -2.07. The number of phosphoric ester groups is 1. The molecular weight excluding hydrogens is 753 g/mol. The maximum absolute atomic E-state index is 12.6. The Balaban J connectivity index is 4.25. The van der Waals surface area contributed by atoms with E-state index in [1.165, 1.54) is 116 Å². The standard InChI is InChI=1S/C47H86NO9P/c1-3-5-7-9-11-13-14-15-16-17-18-19-20-21-22-24-26-30-35-39-47(51)57-45(43-56-58(52,53)55-41-40-48)42-54-46(50)38-34-31-27-29-33-37-44(49)36-32-28-25-23-12-10-8-6-4-2/h12,23,27-29,32-33,37,44-45,49H,3-11,13-22,24-26,30-31,34-36,38-43,48H2,1-2H3,(H,52,53)/b23-12-,29-27+,32-28-,37-33-/t44?,45-/m1/s1. The Morgan fingerprint density at radius 1 is 0.603 bits per heavy atom. The molecule has 0 aliphatic carbocycles. The van der Waals surface area contributed by atoms with Gasteiger partial charge in [-0.25, -0.2) is 4.57 Å². The highest BCUT2D eigenvalue weighted by Crippen LogP contribution is 2.43. The van der Waals surface area contributed by atoms with Crippen LogP contribution in [-0.2, 0) is 32.7 Å². The summed E-state index contributed by atoms with van der Waals surface area (Å²) in [6, 6.07) is 0. The van der Waals surface area contributed by atoms with E-state index in [9.17, 15) is 24.2 Å². The summed E-state index contributed by atoms with van der Waals surface area (Å²) in [7, 11) is -4.41. The number of rotatable bonds is 43. The minimum absolute atomic E-state index is 0.0337. The van der Waals surface area contributed by atoms with Crippen molar-refractivity contribution in [1.29, 1.82) is 0 Å². The molecule has 0 aromatic heterocycles. The van der Waals surface area contributed by atoms with Gasteiger partial charge in [0.25, 0.3) is 0 Å². The van der Waals surface area contributed by atoms with Crippen LogP contribution < -0.4 is 5.73 Å². The summed E-state index contributed by atoms with van der Waals surface area (Å²) in [6.45, 7) is 3.56. The van der Waals surface area contributed by atoms with E-state index in [1.807, 2.05) is 18.2 Å². The van der Waals surface area contributed by atoms with Gasteiger partial charge in [-0.05, 0) is 44.9 Å². The zero-order valence-corrected chi connectivity index (χ0v) is 37.8. The first kappa shape index (κ1) is 55.9. The third-order valence-electron chi connectivity index (χ3n) is 9.80. The molecule has 0 aromatic carbocycles. The average molecular weight is 840 g/mol. The number of phosphoric acid groups is 1. The van der Waals surface area contributed by atoms with Crippen molar-refractivity contribution in [1.82, 2.24) is 0 Å². The number of hydrogen-bond acceptors (Lipinski definition) is 9. The van der Waals surface area contributed by atoms with Gasteiger partial charge in [-0.2, -0.15) is 0 Å². The molecule has 0 spiro atoms. The number of ether oxygens (including phenoxy) is 2. The van der Waals surface area contributed by atoms with Gasteiger partial charge in [0.15, 0.2) is 6.10 Å². The third kappa shape index (κ3) is 42.1. The van der Waals surface area contributed by atoms with Crippen LogP contribution >= 0.6 is 7.82 Å². The van der Waals surface area contributed by atoms with Gasteiger partial charge in [0.2, 0.25) is 0 Å². The lowest BCUT2D eigenvalue weighted by Gasteiger charge is -2.19. The summed E-state index contributed by atoms with van der Waals surface area (Å²) < 4.78 is 32.7. The van der Waals surface area contributed by atoms with Crippen LogP contribution in [0.4, 0.5) is 0 Å². The number of aliphatic hydroxyl groups is 1. The summed E-state index contributed by atoms with van der Waals surface area (Å²) in [6.07, 6.45) is 46.0. The van der Waals surface area contributed by atoms with Crippen LogP contribution in [0.5, 0.6) is 0 Å². The molecule has 0 fully saturated rings. The molecular formula is C47H86NO9P. The lowest BCUT2D eigenvalue weighted by atomic mass is 10.0. The highest BCUT2D eigenvalue weighted by molar-refractivity contribution is 7.47. The fourth-order valence-electron chi connectivity index (χ4n) is 6.30. The van der Waals surface area contributed by atoms with Crippen LogP contribution in [0.3, 0.4) is 0 Å². The van der Waals surface area contributed by atoms with Gasteiger partial charge in [0.1, 0.15) is 6.61 Å². The van der Waals surface area contributed by atoms with Crippen molar-refractivity contribution in [2.75, 3.05) is 26.4 Å². The first-order chi connectivity index (χ1) is 28.2. The SMILES string of the molecule is CCCCC/C=C\C/C=C\CC(O)/C=C\C=C\CCCC(=O)OC[C@H](COP(=O)(O)OCCN)OC(=O)CCCCCCCCCCCCCCCCCCCCC. The van der Waals surface area contributed by atoms with Gasteiger partial charge >= 0.3 is 19.8 Å². The third-order valence-corrected chi connectivity index (χ3v) is 10.8. The molecule has 0 amide bonds. The van der Waals surface area contributed by atoms with Crippen LogP contribution in [-0.4, -0.2) is 60.5 Å². The van der Waals surface area contributed by atoms with E-state index in [0.717, 1.165) is 32.1 Å². The zero-order valence-electron chi connectivity index (χ0n) is 36.9. The van der Waals surface area contributed by atoms with Gasteiger partial charge in [0.05, 0.1) is 19.3 Å². The van der Waals surface area contributed by atoms with Crippen LogP contribution in [0.1, 0.15) is 200 Å². The van der Waals surface area contributed by atoms with Gasteiger partial charge in [0, 0.05) is 19.4 Å². The highest BCUT2D eigenvalue weighted by Gasteiger charge is 2.26. The van der Waals surface area contributed by atoms with Crippen LogP contribution in [0.2, 0.25) is 0 Å². The van der Waals surface area contributed by atoms with Crippen molar-refractivity contribution in [3.8, 4) is 0 Å². The maximum atomic E-state index is 12.6. The largest absolute Gasteiger partial charge is 0.472 e. The van der Waals surface area contributed by atoms with Crippen molar-refractivity contribution >= 4 is 19.8 Å². The van der Waals surface area contributed by atoms with E-state index in [2.05, 4.69) is 32.1 Å². The molecule has 0 radical (unpaired) electrons. The molecule has 2 unspecified atom stereocenters. The molecule has 0 saturated heterocycles. The fraction of sp³-hybridized carbons (Fsp3) is 0.787. The second-order valence-electron chi connectivity index (χ2n) is 15.5. The molecule has 338 valence electrons. The second kappa shape index (κ2) is 43.0. The van der Waals surface area contributed by atoms with Gasteiger partial charge in [-0.3, -0.25) is 18.6 Å². The number of hydrogen-bond donors (Lipinski definition) is 3. The van der Waals surface area contributed by atoms with E-state index < -0.39 is 38.6 Å². The minimum atomic E-state index is -4.41. The molecule has 0 rings (SSSR count). The van der Waals surface area contributed by atoms with Crippen molar-refractivity contribution in [3.63, 3.8) is 0 Å². The van der Waals surface area contributed by atoms with E-state index in [1.54, 1.807) is 12.2 Å². The maximum Gasteiger partial charge on any atom is 0.472 e. The van der Waals surface area contributed by atoms with Crippen molar-refractivity contribution in [3.05, 3.63) is 48.6 Å². The number of carbonyl (C=O) groups excluding carboxylic acids is 2. The number of unbranched alkanes of at least 4 members (excludes halogenated alkanes) is 22. The molecule has 58 heavy (non-hydrogen) atoms. The Morgan fingerprint density at radius 3 is 1.71 bits per heavy atom. The lowest BCUT2D eigenvalue weighted by molar-refractivity contribution is -0.161. The molecule has 3 atom stereocenters. The molecule has 0 aliphatic heterocycles. The van der Waals surface area contributed by atoms with Crippen LogP contribution in [0.25, 0.3) is 0 Å². The fourth-order valence-corrected chi connectivity index (χ4v) is 7.06. The van der Waals surface area contributed by atoms with Crippen LogP contribution in [0, 0.1) is 0 Å². The van der Waals surface area contributed by atoms with Crippen LogP contribution in [0.15, 0.2) is 48.6 Å². The minimum Gasteiger partial charge on any atom is -0.462 e. The van der Waals surface area contributed by atoms with E-state index >= 15 is 0 Å². The summed E-state index contributed by atoms with van der Waals surface area (Å²) in [5.74, 6) is -0.953. The molecule has 0 aromatic rings. The number of aliphatic hydroxyl groups excluding tert-OH is 1. The van der Waals surface area contributed by atoms with Crippen molar-refractivity contribution in [2.45, 2.75) is 212 Å². The number of allylic oxidation sites excluding steroid dienone is 6. The summed E-state index contributed by atoms with van der Waals surface area (Å²) in [4.78, 5) is 34.9. The molecule has 0 bridgehead atoms. The van der Waals surface area contributed by atoms with Gasteiger partial charge in [-0.1, -0.05) is 191 Å². The molecule has 10 nitrogen and oxygen atoms in total. The molecule has 4 N–H and O–H groups in total. The number of carbonyl (C=O) groups is 2. The zero-order chi connectivity index (χ0) is 42.6. The quantitative estimate of drug-likeness (QED) is 0.0178. The topological polar surface area (TPSA) is 155 Å². The predicted molar refractivity (Wildman–Crippen MR) is 239 cm³/mol. The van der Waals surface area contributed by atoms with E-state index in [4.69, 9.17) is 24.3 Å². The second-order valence-corrected chi connectivity index (χ2v) is 16.9. The molecule has 0 aliphatic rings. The first-order valence-corrected chi connectivity index (χ1v) is 24.7.